The summed E-state index contributed by atoms with van der Waals surface area (Å²) in [4.78, 5) is 0. The first-order valence-electron chi connectivity index (χ1n) is 12.1. The first-order valence-corrected chi connectivity index (χ1v) is 14.8. The molecular weight excluding hydrogens is 656 g/mol. The predicted octanol–water partition coefficient (Wildman–Crippen LogP) is 7.17. The smallest absolute Gasteiger partial charge is 0 e. The largest absolute Gasteiger partial charge is 0.747 e. The zero-order valence-corrected chi connectivity index (χ0v) is 27.1. The van der Waals surface area contributed by atoms with Gasteiger partial charge in [0.25, 0.3) is 0 Å². The molecule has 0 aliphatic heterocycles. The molecule has 0 aromatic heterocycles. The molecule has 0 N–H and O–H groups in total. The van der Waals surface area contributed by atoms with E-state index >= 15 is 0 Å². The van der Waals surface area contributed by atoms with Crippen LogP contribution in [-0.2, 0) is 33.6 Å². The van der Waals surface area contributed by atoms with Crippen LogP contribution in [0.3, 0.4) is 0 Å². The van der Waals surface area contributed by atoms with Crippen LogP contribution in [-0.4, -0.2) is 0 Å². The molecular formula is C34H30Cl2FeNiP2-6. The molecule has 0 aliphatic rings. The summed E-state index contributed by atoms with van der Waals surface area (Å²) in [5.41, 5.74) is 0. The van der Waals surface area contributed by atoms with E-state index in [1.165, 1.54) is 31.8 Å². The molecule has 0 aliphatic carbocycles. The van der Waals surface area contributed by atoms with Crippen molar-refractivity contribution in [1.82, 2.24) is 0 Å². The molecule has 0 saturated carbocycles. The van der Waals surface area contributed by atoms with Crippen LogP contribution in [0.4, 0.5) is 0 Å². The maximum atomic E-state index is 2.23. The van der Waals surface area contributed by atoms with Crippen LogP contribution in [0.1, 0.15) is 0 Å². The van der Waals surface area contributed by atoms with Crippen molar-refractivity contribution in [2.45, 2.75) is 0 Å². The van der Waals surface area contributed by atoms with Crippen LogP contribution in [0.25, 0.3) is 0 Å². The molecule has 0 saturated heterocycles. The first-order chi connectivity index (χ1) is 17.9. The SMILES string of the molecule is Cl.Cl.[Fe].[Ni].c1ccc(P(c2ccccc2)[c-]2[cH-][cH-][cH-][cH-]2)cc1.c1ccc(P(c2ccccc2)[c-]2cccc2)cc1. The fourth-order valence-corrected chi connectivity index (χ4v) is 8.84. The van der Waals surface area contributed by atoms with E-state index in [4.69, 9.17) is 0 Å². The quantitative estimate of drug-likeness (QED) is 0.0992. The van der Waals surface area contributed by atoms with Gasteiger partial charge in [0.15, 0.2) is 0 Å². The molecule has 0 nitrogen and oxygen atoms in total. The maximum absolute atomic E-state index is 2.23. The third kappa shape index (κ3) is 9.55. The zero-order valence-electron chi connectivity index (χ0n) is 21.5. The summed E-state index contributed by atoms with van der Waals surface area (Å²) in [6.07, 6.45) is 0. The van der Waals surface area contributed by atoms with Crippen molar-refractivity contribution in [1.29, 1.82) is 0 Å². The van der Waals surface area contributed by atoms with Gasteiger partial charge in [-0.05, 0) is 10.6 Å². The second-order valence-corrected chi connectivity index (χ2v) is 12.7. The minimum atomic E-state index is -0.409. The molecule has 0 atom stereocenters. The number of benzene rings is 4. The maximum Gasteiger partial charge on any atom is 0 e. The zero-order chi connectivity index (χ0) is 24.4. The first kappa shape index (κ1) is 36.1. The van der Waals surface area contributed by atoms with E-state index in [1.54, 1.807) is 0 Å². The Bertz CT molecular complexity index is 1220. The van der Waals surface area contributed by atoms with Crippen molar-refractivity contribution in [3.8, 4) is 0 Å². The Hall–Kier alpha value is -1.97. The van der Waals surface area contributed by atoms with Crippen molar-refractivity contribution in [3.63, 3.8) is 0 Å². The monoisotopic (exact) mass is 684 g/mol. The van der Waals surface area contributed by atoms with Gasteiger partial charge in [-0.3, -0.25) is 0 Å². The van der Waals surface area contributed by atoms with Crippen LogP contribution >= 0.6 is 40.7 Å². The van der Waals surface area contributed by atoms with Crippen LogP contribution in [0.15, 0.2) is 170 Å². The molecule has 6 rings (SSSR count). The molecule has 0 spiro atoms. The summed E-state index contributed by atoms with van der Waals surface area (Å²) < 4.78 is 0. The van der Waals surface area contributed by atoms with E-state index in [9.17, 15) is 0 Å². The Balaban J connectivity index is 0.000000364. The minimum Gasteiger partial charge on any atom is -0.747 e. The average molecular weight is 686 g/mol. The van der Waals surface area contributed by atoms with Gasteiger partial charge in [0.05, 0.1) is 0 Å². The Morgan fingerprint density at radius 2 is 0.725 bits per heavy atom. The van der Waals surface area contributed by atoms with Gasteiger partial charge >= 0.3 is 0 Å². The Kier molecular flexibility index (Phi) is 17.3. The van der Waals surface area contributed by atoms with Gasteiger partial charge in [0, 0.05) is 33.6 Å². The molecule has 6 aromatic rings. The van der Waals surface area contributed by atoms with Gasteiger partial charge in [0.1, 0.15) is 0 Å². The number of rotatable bonds is 6. The van der Waals surface area contributed by atoms with E-state index in [0.29, 0.717) is 0 Å². The van der Waals surface area contributed by atoms with E-state index in [1.807, 2.05) is 0 Å². The Morgan fingerprint density at radius 3 is 1.05 bits per heavy atom. The average Bonchev–Trinajstić information content (AvgIpc) is 3.68. The molecule has 0 amide bonds. The van der Waals surface area contributed by atoms with Crippen LogP contribution in [0, 0.1) is 0 Å². The molecule has 0 fully saturated rings. The number of hydrogen-bond donors (Lipinski definition) is 0. The second-order valence-electron chi connectivity index (χ2n) is 8.30. The summed E-state index contributed by atoms with van der Waals surface area (Å²) in [6.45, 7) is 0. The third-order valence-electron chi connectivity index (χ3n) is 5.86. The van der Waals surface area contributed by atoms with Gasteiger partial charge in [-0.2, -0.15) is 12.1 Å². The Morgan fingerprint density at radius 1 is 0.425 bits per heavy atom. The van der Waals surface area contributed by atoms with E-state index < -0.39 is 15.8 Å². The van der Waals surface area contributed by atoms with Crippen molar-refractivity contribution in [2.75, 3.05) is 0 Å². The molecule has 0 radical (unpaired) electrons. The summed E-state index contributed by atoms with van der Waals surface area (Å²) in [6, 6.07) is 60.5. The fourth-order valence-electron chi connectivity index (χ4n) is 4.23. The normalized spacial score (nSPS) is 9.65. The molecule has 40 heavy (non-hydrogen) atoms. The molecule has 0 unspecified atom stereocenters. The van der Waals surface area contributed by atoms with Crippen LogP contribution < -0.4 is 31.8 Å². The van der Waals surface area contributed by atoms with Crippen LogP contribution in [0.2, 0.25) is 0 Å². The molecule has 6 heteroatoms. The standard InChI is InChI=1S/2C17H14P.2ClH.Fe.Ni/c2*1-3-9-15(10-4-1)18(17-13-7-8-14-17)16-11-5-2-6-12-16;;;;/h2*1-14H;2*1H;;/q-5;-1;;;;. The summed E-state index contributed by atoms with van der Waals surface area (Å²) in [5.74, 6) is 0. The van der Waals surface area contributed by atoms with Gasteiger partial charge in [-0.15, -0.1) is 30.1 Å². The fraction of sp³-hybridized carbons (Fsp3) is 0. The predicted molar refractivity (Wildman–Crippen MR) is 176 cm³/mol. The summed E-state index contributed by atoms with van der Waals surface area (Å²) in [7, 11) is -0.818. The molecule has 6 aromatic carbocycles. The molecule has 0 bridgehead atoms. The van der Waals surface area contributed by atoms with Crippen molar-refractivity contribution >= 4 is 72.5 Å². The number of halogens is 2. The third-order valence-corrected chi connectivity index (χ3v) is 10.8. The summed E-state index contributed by atoms with van der Waals surface area (Å²) in [5, 5.41) is 8.47. The van der Waals surface area contributed by atoms with Crippen molar-refractivity contribution in [2.24, 2.45) is 0 Å². The van der Waals surface area contributed by atoms with E-state index in [2.05, 4.69) is 170 Å². The van der Waals surface area contributed by atoms with E-state index in [0.717, 1.165) is 0 Å². The molecule has 214 valence electrons. The molecule has 0 heterocycles. The number of hydrogen-bond acceptors (Lipinski definition) is 0. The van der Waals surface area contributed by atoms with Gasteiger partial charge in [-0.1, -0.05) is 140 Å². The van der Waals surface area contributed by atoms with Crippen molar-refractivity contribution in [3.05, 3.63) is 170 Å². The second kappa shape index (κ2) is 19.2. The van der Waals surface area contributed by atoms with Crippen molar-refractivity contribution < 1.29 is 33.6 Å². The summed E-state index contributed by atoms with van der Waals surface area (Å²) >= 11 is 0. The Labute approximate surface area is 274 Å². The van der Waals surface area contributed by atoms with Gasteiger partial charge < -0.3 is 29.6 Å². The van der Waals surface area contributed by atoms with Crippen LogP contribution in [0.5, 0.6) is 0 Å². The van der Waals surface area contributed by atoms with Gasteiger partial charge in [0.2, 0.25) is 0 Å². The van der Waals surface area contributed by atoms with E-state index in [-0.39, 0.29) is 58.4 Å². The van der Waals surface area contributed by atoms with Gasteiger partial charge in [-0.25, -0.2) is 20.1 Å². The minimum absolute atomic E-state index is 0. The topological polar surface area (TPSA) is 0 Å².